The standard InChI is InChI=1S/C16H20ClN3O2/c1-3-16(2)20(8-9-22-16)15(21)19-10-14(18-11-19)12-4-6-13(17)7-5-12/h4-7,11,14H,3,8-10H2,1-2H3. The normalized spacial score (nSPS) is 27.7. The lowest BCUT2D eigenvalue weighted by molar-refractivity contribution is -0.0525. The van der Waals surface area contributed by atoms with Crippen LogP contribution in [-0.4, -0.2) is 47.6 Å². The van der Waals surface area contributed by atoms with E-state index in [0.29, 0.717) is 24.7 Å². The van der Waals surface area contributed by atoms with Gasteiger partial charge in [0.05, 0.1) is 25.5 Å². The quantitative estimate of drug-likeness (QED) is 0.839. The van der Waals surface area contributed by atoms with Crippen LogP contribution in [0.2, 0.25) is 5.02 Å². The van der Waals surface area contributed by atoms with Crippen LogP contribution < -0.4 is 0 Å². The van der Waals surface area contributed by atoms with Gasteiger partial charge in [-0.2, -0.15) is 0 Å². The molecule has 0 bridgehead atoms. The van der Waals surface area contributed by atoms with E-state index in [1.54, 1.807) is 16.1 Å². The number of halogens is 1. The van der Waals surface area contributed by atoms with Crippen LogP contribution in [0.1, 0.15) is 31.9 Å². The van der Waals surface area contributed by atoms with Crippen molar-refractivity contribution in [2.45, 2.75) is 32.0 Å². The van der Waals surface area contributed by atoms with Crippen molar-refractivity contribution in [3.8, 4) is 0 Å². The number of hydrogen-bond donors (Lipinski definition) is 0. The number of carbonyl (C=O) groups excluding carboxylic acids is 1. The second-order valence-corrected chi connectivity index (χ2v) is 6.23. The van der Waals surface area contributed by atoms with Gasteiger partial charge in [0, 0.05) is 11.6 Å². The number of ether oxygens (including phenoxy) is 1. The van der Waals surface area contributed by atoms with E-state index in [0.717, 1.165) is 12.0 Å². The minimum atomic E-state index is -0.511. The predicted molar refractivity (Wildman–Crippen MR) is 86.1 cm³/mol. The molecule has 1 aromatic carbocycles. The Morgan fingerprint density at radius 3 is 2.86 bits per heavy atom. The van der Waals surface area contributed by atoms with Crippen molar-refractivity contribution in [3.05, 3.63) is 34.9 Å². The van der Waals surface area contributed by atoms with Gasteiger partial charge in [-0.25, -0.2) is 4.79 Å². The van der Waals surface area contributed by atoms with Crippen molar-refractivity contribution in [2.75, 3.05) is 19.7 Å². The summed E-state index contributed by atoms with van der Waals surface area (Å²) in [5.41, 5.74) is 0.551. The number of urea groups is 1. The average Bonchev–Trinajstić information content (AvgIpc) is 3.15. The highest BCUT2D eigenvalue weighted by atomic mass is 35.5. The molecule has 118 valence electrons. The highest BCUT2D eigenvalue weighted by Gasteiger charge is 2.42. The molecule has 2 amide bonds. The maximum Gasteiger partial charge on any atom is 0.327 e. The first-order valence-corrected chi connectivity index (χ1v) is 7.92. The number of nitrogens with zero attached hydrogens (tertiary/aromatic N) is 3. The molecule has 2 heterocycles. The summed E-state index contributed by atoms with van der Waals surface area (Å²) in [6, 6.07) is 7.53. The Kier molecular flexibility index (Phi) is 4.10. The van der Waals surface area contributed by atoms with Crippen LogP contribution in [0.25, 0.3) is 0 Å². The van der Waals surface area contributed by atoms with Gasteiger partial charge in [-0.3, -0.25) is 14.8 Å². The van der Waals surface area contributed by atoms with E-state index in [9.17, 15) is 4.79 Å². The minimum absolute atomic E-state index is 0.0300. The third-order valence-electron chi connectivity index (χ3n) is 4.44. The van der Waals surface area contributed by atoms with Crippen molar-refractivity contribution < 1.29 is 9.53 Å². The first-order valence-electron chi connectivity index (χ1n) is 7.54. The van der Waals surface area contributed by atoms with E-state index in [4.69, 9.17) is 16.3 Å². The van der Waals surface area contributed by atoms with Crippen molar-refractivity contribution in [1.82, 2.24) is 9.80 Å². The lowest BCUT2D eigenvalue weighted by atomic mass is 10.1. The molecule has 2 aliphatic rings. The van der Waals surface area contributed by atoms with Crippen LogP contribution in [-0.2, 0) is 4.74 Å². The Hall–Kier alpha value is -1.59. The number of rotatable bonds is 2. The third-order valence-corrected chi connectivity index (χ3v) is 4.69. The van der Waals surface area contributed by atoms with E-state index in [1.165, 1.54) is 0 Å². The van der Waals surface area contributed by atoms with Gasteiger partial charge in [0.15, 0.2) is 0 Å². The SMILES string of the molecule is CCC1(C)OCCN1C(=O)N1C=NC(c2ccc(Cl)cc2)C1. The molecular weight excluding hydrogens is 302 g/mol. The Morgan fingerprint density at radius 2 is 2.18 bits per heavy atom. The number of benzene rings is 1. The molecule has 2 unspecified atom stereocenters. The predicted octanol–water partition coefficient (Wildman–Crippen LogP) is 3.30. The molecular formula is C16H20ClN3O2. The third kappa shape index (κ3) is 2.71. The van der Waals surface area contributed by atoms with E-state index in [1.807, 2.05) is 38.1 Å². The summed E-state index contributed by atoms with van der Waals surface area (Å²) in [5, 5.41) is 0.701. The van der Waals surface area contributed by atoms with Gasteiger partial charge in [0.25, 0.3) is 0 Å². The van der Waals surface area contributed by atoms with Crippen LogP contribution in [0.3, 0.4) is 0 Å². The molecule has 0 radical (unpaired) electrons. The van der Waals surface area contributed by atoms with E-state index in [2.05, 4.69) is 4.99 Å². The molecule has 0 aliphatic carbocycles. The zero-order valence-electron chi connectivity index (χ0n) is 12.8. The summed E-state index contributed by atoms with van der Waals surface area (Å²) < 4.78 is 5.73. The average molecular weight is 322 g/mol. The summed E-state index contributed by atoms with van der Waals surface area (Å²) in [4.78, 5) is 20.6. The summed E-state index contributed by atoms with van der Waals surface area (Å²) in [6.07, 6.45) is 2.40. The Labute approximate surface area is 135 Å². The molecule has 0 spiro atoms. The maximum absolute atomic E-state index is 12.7. The fraction of sp³-hybridized carbons (Fsp3) is 0.500. The molecule has 2 atom stereocenters. The van der Waals surface area contributed by atoms with Gasteiger partial charge in [0.1, 0.15) is 5.72 Å². The molecule has 1 saturated heterocycles. The first kappa shape index (κ1) is 15.3. The molecule has 5 nitrogen and oxygen atoms in total. The lowest BCUT2D eigenvalue weighted by Crippen LogP contribution is -2.50. The summed E-state index contributed by atoms with van der Waals surface area (Å²) >= 11 is 5.91. The molecule has 2 aliphatic heterocycles. The van der Waals surface area contributed by atoms with Crippen LogP contribution in [0.5, 0.6) is 0 Å². The van der Waals surface area contributed by atoms with E-state index in [-0.39, 0.29) is 12.1 Å². The Balaban J connectivity index is 1.69. The van der Waals surface area contributed by atoms with Crippen molar-refractivity contribution in [2.24, 2.45) is 4.99 Å². The first-order chi connectivity index (χ1) is 10.5. The topological polar surface area (TPSA) is 45.1 Å². The summed E-state index contributed by atoms with van der Waals surface area (Å²) in [6.45, 7) is 5.75. The van der Waals surface area contributed by atoms with Crippen LogP contribution in [0, 0.1) is 0 Å². The zero-order valence-corrected chi connectivity index (χ0v) is 13.6. The van der Waals surface area contributed by atoms with Crippen molar-refractivity contribution in [1.29, 1.82) is 0 Å². The number of amides is 2. The molecule has 6 heteroatoms. The summed E-state index contributed by atoms with van der Waals surface area (Å²) in [7, 11) is 0. The lowest BCUT2D eigenvalue weighted by Gasteiger charge is -2.34. The monoisotopic (exact) mass is 321 g/mol. The number of aliphatic imine (C=N–C) groups is 1. The van der Waals surface area contributed by atoms with Crippen molar-refractivity contribution >= 4 is 24.0 Å². The smallest absolute Gasteiger partial charge is 0.327 e. The highest BCUT2D eigenvalue weighted by molar-refractivity contribution is 6.30. The molecule has 3 rings (SSSR count). The Bertz CT molecular complexity index is 590. The van der Waals surface area contributed by atoms with Gasteiger partial charge >= 0.3 is 6.03 Å². The fourth-order valence-corrected chi connectivity index (χ4v) is 2.99. The number of carbonyl (C=O) groups is 1. The minimum Gasteiger partial charge on any atom is -0.354 e. The van der Waals surface area contributed by atoms with Gasteiger partial charge in [-0.05, 0) is 31.0 Å². The fourth-order valence-electron chi connectivity index (χ4n) is 2.86. The van der Waals surface area contributed by atoms with Crippen LogP contribution >= 0.6 is 11.6 Å². The molecule has 22 heavy (non-hydrogen) atoms. The van der Waals surface area contributed by atoms with Gasteiger partial charge in [-0.1, -0.05) is 30.7 Å². The van der Waals surface area contributed by atoms with Gasteiger partial charge < -0.3 is 4.74 Å². The van der Waals surface area contributed by atoms with Crippen LogP contribution in [0.4, 0.5) is 4.79 Å². The van der Waals surface area contributed by atoms with E-state index >= 15 is 0 Å². The van der Waals surface area contributed by atoms with Crippen LogP contribution in [0.15, 0.2) is 29.3 Å². The highest BCUT2D eigenvalue weighted by Crippen LogP contribution is 2.30. The van der Waals surface area contributed by atoms with Gasteiger partial charge in [-0.15, -0.1) is 0 Å². The zero-order chi connectivity index (χ0) is 15.7. The molecule has 1 fully saturated rings. The largest absolute Gasteiger partial charge is 0.354 e. The maximum atomic E-state index is 12.7. The molecule has 0 aromatic heterocycles. The van der Waals surface area contributed by atoms with Crippen molar-refractivity contribution in [3.63, 3.8) is 0 Å². The Morgan fingerprint density at radius 1 is 1.45 bits per heavy atom. The molecule has 1 aromatic rings. The molecule has 0 N–H and O–H groups in total. The van der Waals surface area contributed by atoms with Gasteiger partial charge in [0.2, 0.25) is 0 Å². The number of hydrogen-bond acceptors (Lipinski definition) is 3. The summed E-state index contributed by atoms with van der Waals surface area (Å²) in [5.74, 6) is 0. The second-order valence-electron chi connectivity index (χ2n) is 5.80. The second kappa shape index (κ2) is 5.89. The van der Waals surface area contributed by atoms with E-state index < -0.39 is 5.72 Å². The molecule has 0 saturated carbocycles.